The van der Waals surface area contributed by atoms with Crippen molar-refractivity contribution in [1.82, 2.24) is 4.90 Å². The van der Waals surface area contributed by atoms with Gasteiger partial charge in [0.25, 0.3) is 0 Å². The van der Waals surface area contributed by atoms with E-state index < -0.39 is 65.3 Å². The van der Waals surface area contributed by atoms with Gasteiger partial charge in [-0.25, -0.2) is 4.39 Å². The number of alkyl halides is 6. The Morgan fingerprint density at radius 1 is 1.00 bits per heavy atom. The third kappa shape index (κ3) is 4.91. The highest BCUT2D eigenvalue weighted by Crippen LogP contribution is 2.45. The molecule has 2 aromatic rings. The molecule has 2 heterocycles. The molecule has 188 valence electrons. The van der Waals surface area contributed by atoms with Crippen LogP contribution in [0.1, 0.15) is 47.6 Å². The van der Waals surface area contributed by atoms with Crippen LogP contribution in [0, 0.1) is 11.7 Å². The number of benzene rings is 2. The zero-order valence-electron chi connectivity index (χ0n) is 18.2. The standard InChI is InChI=1S/C24H20F7NO3/c1-12(14-6-16(23(26,27)28)9-17(7-14)24(29,30)31)35-20-10-32-19(8-15(11-33)22(32)34)21(20)13-2-4-18(25)5-3-13/h2-7,9,11-12,15,19-21H,8,10H2,1H3/t12-,15?,19?,20+,21+/m1/s1. The van der Waals surface area contributed by atoms with E-state index in [4.69, 9.17) is 4.74 Å². The SMILES string of the molecule is C[C@@H](O[C@H]1CN2C(=O)C(C=O)CC2[C@@H]1c1ccc(F)cc1)c1cc(C(F)(F)F)cc(C(F)(F)F)c1. The first kappa shape index (κ1) is 25.2. The predicted octanol–water partition coefficient (Wildman–Crippen LogP) is 5.52. The van der Waals surface area contributed by atoms with Crippen molar-refractivity contribution in [3.8, 4) is 0 Å². The molecule has 0 saturated carbocycles. The Balaban J connectivity index is 1.67. The van der Waals surface area contributed by atoms with Crippen molar-refractivity contribution in [2.75, 3.05) is 6.54 Å². The van der Waals surface area contributed by atoms with Crippen molar-refractivity contribution in [3.05, 3.63) is 70.5 Å². The van der Waals surface area contributed by atoms with Crippen LogP contribution in [0.2, 0.25) is 0 Å². The van der Waals surface area contributed by atoms with Gasteiger partial charge in [0.15, 0.2) is 0 Å². The molecule has 2 aliphatic rings. The Bertz CT molecular complexity index is 1080. The Morgan fingerprint density at radius 3 is 2.09 bits per heavy atom. The van der Waals surface area contributed by atoms with Crippen molar-refractivity contribution < 1.29 is 45.1 Å². The summed E-state index contributed by atoms with van der Waals surface area (Å²) < 4.78 is 99.1. The number of carbonyl (C=O) groups excluding carboxylic acids is 2. The fourth-order valence-electron chi connectivity index (χ4n) is 4.90. The van der Waals surface area contributed by atoms with E-state index in [2.05, 4.69) is 0 Å². The number of hydrogen-bond acceptors (Lipinski definition) is 3. The van der Waals surface area contributed by atoms with Gasteiger partial charge in [-0.05, 0) is 54.8 Å². The molecule has 2 saturated heterocycles. The molecule has 5 atom stereocenters. The molecule has 2 unspecified atom stereocenters. The third-order valence-electron chi connectivity index (χ3n) is 6.57. The van der Waals surface area contributed by atoms with Crippen LogP contribution >= 0.6 is 0 Å². The van der Waals surface area contributed by atoms with Crippen LogP contribution < -0.4 is 0 Å². The number of halogens is 7. The maximum atomic E-state index is 13.5. The first-order chi connectivity index (χ1) is 16.3. The monoisotopic (exact) mass is 503 g/mol. The lowest BCUT2D eigenvalue weighted by atomic mass is 9.86. The van der Waals surface area contributed by atoms with Gasteiger partial charge in [0.05, 0.1) is 29.3 Å². The predicted molar refractivity (Wildman–Crippen MR) is 109 cm³/mol. The largest absolute Gasteiger partial charge is 0.416 e. The zero-order valence-corrected chi connectivity index (χ0v) is 18.2. The van der Waals surface area contributed by atoms with Crippen LogP contribution in [0.3, 0.4) is 0 Å². The number of aldehydes is 1. The van der Waals surface area contributed by atoms with Gasteiger partial charge in [0, 0.05) is 18.5 Å². The topological polar surface area (TPSA) is 46.6 Å². The normalized spacial score (nSPS) is 25.6. The first-order valence-electron chi connectivity index (χ1n) is 10.8. The number of fused-ring (bicyclic) bond motifs is 1. The van der Waals surface area contributed by atoms with Gasteiger partial charge < -0.3 is 14.4 Å². The fourth-order valence-corrected chi connectivity index (χ4v) is 4.90. The van der Waals surface area contributed by atoms with Crippen molar-refractivity contribution in [2.45, 2.75) is 49.9 Å². The Labute approximate surface area is 195 Å². The summed E-state index contributed by atoms with van der Waals surface area (Å²) in [6.45, 7) is 1.32. The minimum absolute atomic E-state index is 0.00862. The number of ether oxygens (including phenoxy) is 1. The van der Waals surface area contributed by atoms with Crippen LogP contribution in [-0.4, -0.2) is 35.8 Å². The van der Waals surface area contributed by atoms with E-state index in [0.717, 1.165) is 0 Å². The van der Waals surface area contributed by atoms with Gasteiger partial charge in [0.1, 0.15) is 12.1 Å². The second kappa shape index (κ2) is 8.92. The Kier molecular flexibility index (Phi) is 6.41. The molecule has 0 radical (unpaired) electrons. The van der Waals surface area contributed by atoms with Crippen LogP contribution in [0.25, 0.3) is 0 Å². The first-order valence-corrected chi connectivity index (χ1v) is 10.8. The van der Waals surface area contributed by atoms with Crippen LogP contribution in [-0.2, 0) is 26.7 Å². The lowest BCUT2D eigenvalue weighted by molar-refractivity contribution is -0.143. The summed E-state index contributed by atoms with van der Waals surface area (Å²) in [5.41, 5.74) is -2.66. The van der Waals surface area contributed by atoms with E-state index in [1.165, 1.54) is 36.1 Å². The molecule has 4 rings (SSSR count). The van der Waals surface area contributed by atoms with Gasteiger partial charge >= 0.3 is 12.4 Å². The highest BCUT2D eigenvalue weighted by Gasteiger charge is 2.52. The molecule has 0 aromatic heterocycles. The van der Waals surface area contributed by atoms with E-state index >= 15 is 0 Å². The van der Waals surface area contributed by atoms with Gasteiger partial charge in [-0.3, -0.25) is 4.79 Å². The average Bonchev–Trinajstić information content (AvgIpc) is 3.28. The van der Waals surface area contributed by atoms with Gasteiger partial charge in [-0.1, -0.05) is 12.1 Å². The maximum Gasteiger partial charge on any atom is 0.416 e. The van der Waals surface area contributed by atoms with Gasteiger partial charge in [0.2, 0.25) is 5.91 Å². The lowest BCUT2D eigenvalue weighted by Crippen LogP contribution is -2.31. The summed E-state index contributed by atoms with van der Waals surface area (Å²) in [6, 6.07) is 6.15. The summed E-state index contributed by atoms with van der Waals surface area (Å²) in [7, 11) is 0. The van der Waals surface area contributed by atoms with E-state index in [0.29, 0.717) is 24.0 Å². The van der Waals surface area contributed by atoms with Crippen molar-refractivity contribution in [3.63, 3.8) is 0 Å². The highest BCUT2D eigenvalue weighted by atomic mass is 19.4. The molecule has 2 fully saturated rings. The van der Waals surface area contributed by atoms with Crippen LogP contribution in [0.4, 0.5) is 30.7 Å². The Hall–Kier alpha value is -2.95. The molecule has 35 heavy (non-hydrogen) atoms. The minimum Gasteiger partial charge on any atom is -0.368 e. The van der Waals surface area contributed by atoms with E-state index in [-0.39, 0.29) is 24.6 Å². The number of nitrogens with zero attached hydrogens (tertiary/aromatic N) is 1. The smallest absolute Gasteiger partial charge is 0.368 e. The molecule has 2 aromatic carbocycles. The average molecular weight is 503 g/mol. The van der Waals surface area contributed by atoms with Crippen LogP contribution in [0.5, 0.6) is 0 Å². The number of amides is 1. The third-order valence-corrected chi connectivity index (χ3v) is 6.57. The van der Waals surface area contributed by atoms with Crippen molar-refractivity contribution in [1.29, 1.82) is 0 Å². The minimum atomic E-state index is -5.00. The van der Waals surface area contributed by atoms with Gasteiger partial charge in [-0.15, -0.1) is 0 Å². The highest BCUT2D eigenvalue weighted by molar-refractivity contribution is 5.94. The van der Waals surface area contributed by atoms with Crippen molar-refractivity contribution in [2.24, 2.45) is 5.92 Å². The molecule has 11 heteroatoms. The molecule has 0 aliphatic carbocycles. The summed E-state index contributed by atoms with van der Waals surface area (Å²) in [6.07, 6.45) is -11.3. The summed E-state index contributed by atoms with van der Waals surface area (Å²) in [5.74, 6) is -2.33. The van der Waals surface area contributed by atoms with Crippen molar-refractivity contribution >= 4 is 12.2 Å². The fraction of sp³-hybridized carbons (Fsp3) is 0.417. The molecule has 0 bridgehead atoms. The zero-order chi connectivity index (χ0) is 25.7. The van der Waals surface area contributed by atoms with E-state index in [9.17, 15) is 40.3 Å². The summed E-state index contributed by atoms with van der Waals surface area (Å²) >= 11 is 0. The number of carbonyl (C=O) groups is 2. The molecule has 0 spiro atoms. The molecule has 0 N–H and O–H groups in total. The second-order valence-corrected chi connectivity index (χ2v) is 8.77. The van der Waals surface area contributed by atoms with E-state index in [1.807, 2.05) is 0 Å². The molecule has 1 amide bonds. The lowest BCUT2D eigenvalue weighted by Gasteiger charge is -2.27. The summed E-state index contributed by atoms with van der Waals surface area (Å²) in [4.78, 5) is 25.3. The number of rotatable bonds is 5. The summed E-state index contributed by atoms with van der Waals surface area (Å²) in [5, 5.41) is 0. The molecule has 4 nitrogen and oxygen atoms in total. The Morgan fingerprint density at radius 2 is 1.57 bits per heavy atom. The molecule has 2 aliphatic heterocycles. The quantitative estimate of drug-likeness (QED) is 0.307. The molecular formula is C24H20F7NO3. The number of hydrogen-bond donors (Lipinski definition) is 0. The maximum absolute atomic E-state index is 13.5. The van der Waals surface area contributed by atoms with E-state index in [1.54, 1.807) is 0 Å². The van der Waals surface area contributed by atoms with Crippen LogP contribution in [0.15, 0.2) is 42.5 Å². The van der Waals surface area contributed by atoms with Gasteiger partial charge in [-0.2, -0.15) is 26.3 Å². The second-order valence-electron chi connectivity index (χ2n) is 8.77. The molecular weight excluding hydrogens is 483 g/mol.